The van der Waals surface area contributed by atoms with E-state index in [1.165, 1.54) is 0 Å². The largest absolute Gasteiger partial charge is 0.760 e. The highest BCUT2D eigenvalue weighted by molar-refractivity contribution is 7.77. The number of carboxylic acids is 2. The Kier molecular flexibility index (Phi) is 4.40. The molecular weight excluding hydrogens is 190 g/mol. The standard InChI is InChI=1S/C4H7NO6S/c6-3(7)1-2(4(8)9)5-12(10)11/h2,5H,1H2,(H,6,7)(H,8,9)(H,10,11)/p-1/t2-/m0/s1. The minimum absolute atomic E-state index is 0.788. The lowest BCUT2D eigenvalue weighted by Crippen LogP contribution is -2.39. The summed E-state index contributed by atoms with van der Waals surface area (Å²) in [6.45, 7) is 0. The van der Waals surface area contributed by atoms with Gasteiger partial charge in [0.15, 0.2) is 0 Å². The fraction of sp³-hybridized carbons (Fsp3) is 0.500. The fourth-order valence-corrected chi connectivity index (χ4v) is 0.887. The van der Waals surface area contributed by atoms with E-state index in [4.69, 9.17) is 10.2 Å². The average Bonchev–Trinajstić information content (AvgIpc) is 1.83. The first-order valence-electron chi connectivity index (χ1n) is 2.73. The summed E-state index contributed by atoms with van der Waals surface area (Å²) >= 11 is -2.78. The predicted octanol–water partition coefficient (Wildman–Crippen LogP) is -1.70. The first-order chi connectivity index (χ1) is 5.43. The molecule has 0 aliphatic rings. The molecule has 0 saturated heterocycles. The van der Waals surface area contributed by atoms with Crippen molar-refractivity contribution in [2.75, 3.05) is 0 Å². The number of carboxylic acid groups (broad SMARTS) is 2. The van der Waals surface area contributed by atoms with Crippen molar-refractivity contribution in [1.82, 2.24) is 4.72 Å². The van der Waals surface area contributed by atoms with Crippen LogP contribution in [0.4, 0.5) is 0 Å². The van der Waals surface area contributed by atoms with E-state index in [1.54, 1.807) is 4.72 Å². The first kappa shape index (κ1) is 11.0. The zero-order valence-electron chi connectivity index (χ0n) is 5.72. The molecule has 0 amide bonds. The Bertz CT molecular complexity index is 200. The number of rotatable bonds is 5. The molecule has 0 aliphatic heterocycles. The van der Waals surface area contributed by atoms with Gasteiger partial charge in [-0.3, -0.25) is 13.8 Å². The van der Waals surface area contributed by atoms with Gasteiger partial charge in [-0.2, -0.15) is 0 Å². The smallest absolute Gasteiger partial charge is 0.322 e. The highest BCUT2D eigenvalue weighted by Gasteiger charge is 2.20. The number of hydrogen-bond acceptors (Lipinski definition) is 4. The first-order valence-corrected chi connectivity index (χ1v) is 3.81. The van der Waals surface area contributed by atoms with Crippen LogP contribution >= 0.6 is 0 Å². The predicted molar refractivity (Wildman–Crippen MR) is 35.7 cm³/mol. The number of hydrogen-bond donors (Lipinski definition) is 3. The zero-order chi connectivity index (χ0) is 9.72. The van der Waals surface area contributed by atoms with Gasteiger partial charge in [-0.1, -0.05) is 0 Å². The quantitative estimate of drug-likeness (QED) is 0.449. The summed E-state index contributed by atoms with van der Waals surface area (Å²) in [7, 11) is 0. The lowest BCUT2D eigenvalue weighted by molar-refractivity contribution is -0.145. The van der Waals surface area contributed by atoms with Gasteiger partial charge in [-0.15, -0.1) is 0 Å². The number of aliphatic carboxylic acids is 2. The van der Waals surface area contributed by atoms with Crippen molar-refractivity contribution < 1.29 is 28.6 Å². The maximum Gasteiger partial charge on any atom is 0.322 e. The maximum absolute atomic E-state index is 10.2. The fourth-order valence-electron chi connectivity index (χ4n) is 0.470. The molecular formula is C4H6NO6S-. The second-order valence-electron chi connectivity index (χ2n) is 1.84. The van der Waals surface area contributed by atoms with Crippen LogP contribution < -0.4 is 4.72 Å². The minimum Gasteiger partial charge on any atom is -0.760 e. The van der Waals surface area contributed by atoms with Gasteiger partial charge in [-0.25, -0.2) is 4.72 Å². The summed E-state index contributed by atoms with van der Waals surface area (Å²) in [6.07, 6.45) is -0.788. The molecule has 0 fully saturated rings. The van der Waals surface area contributed by atoms with Gasteiger partial charge in [0.25, 0.3) is 0 Å². The molecule has 0 aromatic rings. The Labute approximate surface area is 69.8 Å². The molecule has 0 rings (SSSR count). The Morgan fingerprint density at radius 2 is 2.00 bits per heavy atom. The number of carbonyl (C=O) groups is 2. The normalized spacial score (nSPS) is 15.1. The van der Waals surface area contributed by atoms with Gasteiger partial charge >= 0.3 is 11.9 Å². The second-order valence-corrected chi connectivity index (χ2v) is 2.55. The van der Waals surface area contributed by atoms with Gasteiger partial charge in [-0.05, 0) is 0 Å². The molecule has 0 heterocycles. The van der Waals surface area contributed by atoms with Crippen LogP contribution in [0.1, 0.15) is 6.42 Å². The SMILES string of the molecule is O=C(O)C[C@H](NS(=O)[O-])C(=O)O. The van der Waals surface area contributed by atoms with Gasteiger partial charge in [0.1, 0.15) is 6.04 Å². The van der Waals surface area contributed by atoms with E-state index in [0.717, 1.165) is 0 Å². The van der Waals surface area contributed by atoms with Crippen LogP contribution in [0, 0.1) is 0 Å². The molecule has 0 aromatic heterocycles. The third-order valence-corrected chi connectivity index (χ3v) is 1.39. The Balaban J connectivity index is 4.14. The summed E-state index contributed by atoms with van der Waals surface area (Å²) in [5, 5.41) is 16.4. The molecule has 7 nitrogen and oxygen atoms in total. The minimum atomic E-state index is -2.78. The molecule has 0 radical (unpaired) electrons. The lowest BCUT2D eigenvalue weighted by Gasteiger charge is -2.13. The molecule has 0 bridgehead atoms. The van der Waals surface area contributed by atoms with Crippen LogP contribution in [-0.2, 0) is 20.9 Å². The summed E-state index contributed by atoms with van der Waals surface area (Å²) in [6, 6.07) is -1.61. The lowest BCUT2D eigenvalue weighted by atomic mass is 10.2. The van der Waals surface area contributed by atoms with E-state index in [2.05, 4.69) is 0 Å². The van der Waals surface area contributed by atoms with Crippen molar-refractivity contribution in [2.45, 2.75) is 12.5 Å². The van der Waals surface area contributed by atoms with Gasteiger partial charge in [0.05, 0.1) is 6.42 Å². The highest BCUT2D eigenvalue weighted by atomic mass is 32.2. The summed E-state index contributed by atoms with van der Waals surface area (Å²) in [5.74, 6) is -2.91. The van der Waals surface area contributed by atoms with Crippen LogP contribution in [0.2, 0.25) is 0 Å². The van der Waals surface area contributed by atoms with Gasteiger partial charge in [0, 0.05) is 11.3 Å². The zero-order valence-corrected chi connectivity index (χ0v) is 6.54. The molecule has 3 N–H and O–H groups in total. The molecule has 70 valence electrons. The van der Waals surface area contributed by atoms with E-state index in [1.807, 2.05) is 0 Å². The van der Waals surface area contributed by atoms with E-state index < -0.39 is 35.7 Å². The van der Waals surface area contributed by atoms with Crippen molar-refractivity contribution in [1.29, 1.82) is 0 Å². The van der Waals surface area contributed by atoms with Crippen LogP contribution in [0.3, 0.4) is 0 Å². The Morgan fingerprint density at radius 1 is 1.50 bits per heavy atom. The van der Waals surface area contributed by atoms with Crippen molar-refractivity contribution in [3.63, 3.8) is 0 Å². The molecule has 12 heavy (non-hydrogen) atoms. The molecule has 0 spiro atoms. The van der Waals surface area contributed by atoms with E-state index in [0.29, 0.717) is 0 Å². The third-order valence-electron chi connectivity index (χ3n) is 0.915. The second kappa shape index (κ2) is 4.80. The van der Waals surface area contributed by atoms with Crippen LogP contribution in [0.5, 0.6) is 0 Å². The summed E-state index contributed by atoms with van der Waals surface area (Å²) in [4.78, 5) is 20.2. The van der Waals surface area contributed by atoms with Gasteiger partial charge < -0.3 is 14.8 Å². The van der Waals surface area contributed by atoms with Crippen molar-refractivity contribution in [3.8, 4) is 0 Å². The van der Waals surface area contributed by atoms with Crippen LogP contribution in [0.15, 0.2) is 0 Å². The highest BCUT2D eigenvalue weighted by Crippen LogP contribution is 1.92. The van der Waals surface area contributed by atoms with Gasteiger partial charge in [0.2, 0.25) is 0 Å². The van der Waals surface area contributed by atoms with E-state index in [9.17, 15) is 18.4 Å². The van der Waals surface area contributed by atoms with Crippen molar-refractivity contribution in [2.24, 2.45) is 0 Å². The molecule has 8 heteroatoms. The monoisotopic (exact) mass is 196 g/mol. The average molecular weight is 196 g/mol. The molecule has 0 aliphatic carbocycles. The molecule has 0 aromatic carbocycles. The molecule has 1 unspecified atom stereocenters. The van der Waals surface area contributed by atoms with Crippen molar-refractivity contribution in [3.05, 3.63) is 0 Å². The van der Waals surface area contributed by atoms with E-state index in [-0.39, 0.29) is 0 Å². The molecule has 0 saturated carbocycles. The van der Waals surface area contributed by atoms with Crippen molar-refractivity contribution >= 4 is 23.2 Å². The third kappa shape index (κ3) is 4.77. The Morgan fingerprint density at radius 3 is 2.25 bits per heavy atom. The number of nitrogens with one attached hydrogen (secondary N) is 1. The Hall–Kier alpha value is -0.990. The van der Waals surface area contributed by atoms with Crippen LogP contribution in [-0.4, -0.2) is 37.0 Å². The molecule has 2 atom stereocenters. The van der Waals surface area contributed by atoms with Crippen LogP contribution in [0.25, 0.3) is 0 Å². The van der Waals surface area contributed by atoms with E-state index >= 15 is 0 Å². The topological polar surface area (TPSA) is 127 Å². The summed E-state index contributed by atoms with van der Waals surface area (Å²) < 4.78 is 21.4. The maximum atomic E-state index is 10.2. The summed E-state index contributed by atoms with van der Waals surface area (Å²) in [5.41, 5.74) is 0.